The number of ether oxygens (including phenoxy) is 2. The monoisotopic (exact) mass is 335 g/mol. The van der Waals surface area contributed by atoms with Crippen LogP contribution in [0.2, 0.25) is 8.67 Å². The van der Waals surface area contributed by atoms with Crippen LogP contribution in [-0.4, -0.2) is 25.4 Å². The van der Waals surface area contributed by atoms with Gasteiger partial charge >= 0.3 is 0 Å². The first-order valence-corrected chi connectivity index (χ1v) is 8.59. The van der Waals surface area contributed by atoms with E-state index >= 15 is 0 Å². The second-order valence-electron chi connectivity index (χ2n) is 5.70. The van der Waals surface area contributed by atoms with E-state index < -0.39 is 0 Å². The molecular formula is C14H19Cl2NO2S. The van der Waals surface area contributed by atoms with Gasteiger partial charge in [0.05, 0.1) is 14.3 Å². The van der Waals surface area contributed by atoms with E-state index in [1.54, 1.807) is 0 Å². The second-order valence-corrected chi connectivity index (χ2v) is 7.99. The third-order valence-electron chi connectivity index (χ3n) is 4.49. The zero-order valence-electron chi connectivity index (χ0n) is 11.2. The van der Waals surface area contributed by atoms with Crippen molar-refractivity contribution in [1.29, 1.82) is 0 Å². The summed E-state index contributed by atoms with van der Waals surface area (Å²) < 4.78 is 12.9. The van der Waals surface area contributed by atoms with Crippen LogP contribution in [0.1, 0.15) is 37.3 Å². The molecule has 2 unspecified atom stereocenters. The molecular weight excluding hydrogens is 317 g/mol. The Kier molecular flexibility index (Phi) is 4.60. The van der Waals surface area contributed by atoms with Gasteiger partial charge in [-0.3, -0.25) is 0 Å². The molecule has 2 N–H and O–H groups in total. The topological polar surface area (TPSA) is 44.5 Å². The smallest absolute Gasteiger partial charge is 0.0991 e. The summed E-state index contributed by atoms with van der Waals surface area (Å²) in [6.45, 7) is 2.34. The van der Waals surface area contributed by atoms with Crippen molar-refractivity contribution in [2.75, 3.05) is 19.8 Å². The third kappa shape index (κ3) is 3.01. The molecule has 0 saturated carbocycles. The van der Waals surface area contributed by atoms with Crippen LogP contribution in [-0.2, 0) is 9.47 Å². The van der Waals surface area contributed by atoms with E-state index in [2.05, 4.69) is 0 Å². The molecule has 0 bridgehead atoms. The molecule has 0 radical (unpaired) electrons. The average Bonchev–Trinajstić information content (AvgIpc) is 2.78. The minimum Gasteiger partial charge on any atom is -0.381 e. The van der Waals surface area contributed by atoms with Crippen molar-refractivity contribution in [2.24, 2.45) is 11.7 Å². The van der Waals surface area contributed by atoms with Crippen LogP contribution >= 0.6 is 34.5 Å². The fourth-order valence-electron chi connectivity index (χ4n) is 3.30. The van der Waals surface area contributed by atoms with Crippen molar-refractivity contribution in [1.82, 2.24) is 0 Å². The predicted molar refractivity (Wildman–Crippen MR) is 82.7 cm³/mol. The van der Waals surface area contributed by atoms with E-state index in [0.29, 0.717) is 10.3 Å². The summed E-state index contributed by atoms with van der Waals surface area (Å²) >= 11 is 13.7. The van der Waals surface area contributed by atoms with Gasteiger partial charge in [0, 0.05) is 31.4 Å². The highest BCUT2D eigenvalue weighted by Crippen LogP contribution is 2.44. The van der Waals surface area contributed by atoms with Crippen LogP contribution in [0.3, 0.4) is 0 Å². The first-order valence-electron chi connectivity index (χ1n) is 7.02. The summed E-state index contributed by atoms with van der Waals surface area (Å²) in [5, 5.41) is 0. The molecule has 2 atom stereocenters. The van der Waals surface area contributed by atoms with Crippen LogP contribution in [0, 0.1) is 5.92 Å². The van der Waals surface area contributed by atoms with Gasteiger partial charge in [-0.25, -0.2) is 0 Å². The lowest BCUT2D eigenvalue weighted by Gasteiger charge is -2.44. The van der Waals surface area contributed by atoms with Crippen LogP contribution in [0.5, 0.6) is 0 Å². The molecule has 2 aliphatic heterocycles. The van der Waals surface area contributed by atoms with Crippen molar-refractivity contribution in [3.63, 3.8) is 0 Å². The molecule has 2 saturated heterocycles. The van der Waals surface area contributed by atoms with Crippen molar-refractivity contribution in [2.45, 2.75) is 37.3 Å². The van der Waals surface area contributed by atoms with Gasteiger partial charge in [0.1, 0.15) is 0 Å². The van der Waals surface area contributed by atoms with Gasteiger partial charge in [0.25, 0.3) is 0 Å². The van der Waals surface area contributed by atoms with Gasteiger partial charge in [-0.15, -0.1) is 11.3 Å². The minimum absolute atomic E-state index is 0.0366. The van der Waals surface area contributed by atoms with Crippen molar-refractivity contribution >= 4 is 34.5 Å². The largest absolute Gasteiger partial charge is 0.381 e. The Morgan fingerprint density at radius 1 is 1.30 bits per heavy atom. The van der Waals surface area contributed by atoms with Gasteiger partial charge in [-0.05, 0) is 37.7 Å². The Morgan fingerprint density at radius 3 is 2.70 bits per heavy atom. The lowest BCUT2D eigenvalue weighted by atomic mass is 9.77. The molecule has 2 fully saturated rings. The SMILES string of the molecule is NC(c1cc(Cl)sc1Cl)C1CCOC2(CCOCC2)C1. The predicted octanol–water partition coefficient (Wildman–Crippen LogP) is 4.03. The minimum atomic E-state index is -0.0603. The quantitative estimate of drug-likeness (QED) is 0.887. The lowest BCUT2D eigenvalue weighted by molar-refractivity contribution is -0.149. The van der Waals surface area contributed by atoms with Crippen LogP contribution in [0.4, 0.5) is 0 Å². The van der Waals surface area contributed by atoms with Gasteiger partial charge in [0.2, 0.25) is 0 Å². The molecule has 1 spiro atoms. The fourth-order valence-corrected chi connectivity index (χ4v) is 4.87. The Labute approximate surface area is 133 Å². The zero-order valence-corrected chi connectivity index (χ0v) is 13.6. The van der Waals surface area contributed by atoms with E-state index in [0.717, 1.165) is 55.4 Å². The molecule has 6 heteroatoms. The normalized spacial score (nSPS) is 27.6. The van der Waals surface area contributed by atoms with Gasteiger partial charge in [-0.1, -0.05) is 23.2 Å². The van der Waals surface area contributed by atoms with E-state index in [4.69, 9.17) is 38.4 Å². The van der Waals surface area contributed by atoms with Gasteiger partial charge in [-0.2, -0.15) is 0 Å². The molecule has 3 rings (SSSR count). The Hall–Kier alpha value is 0.160. The third-order valence-corrected chi connectivity index (χ3v) is 6.00. The Balaban J connectivity index is 1.74. The zero-order chi connectivity index (χ0) is 14.2. The maximum Gasteiger partial charge on any atom is 0.0991 e. The fraction of sp³-hybridized carbons (Fsp3) is 0.714. The van der Waals surface area contributed by atoms with E-state index in [-0.39, 0.29) is 11.6 Å². The summed E-state index contributed by atoms with van der Waals surface area (Å²) in [4.78, 5) is 0. The van der Waals surface area contributed by atoms with E-state index in [1.165, 1.54) is 11.3 Å². The highest BCUT2D eigenvalue weighted by atomic mass is 35.5. The second kappa shape index (κ2) is 6.11. The molecule has 0 aliphatic carbocycles. The lowest BCUT2D eigenvalue weighted by Crippen LogP contribution is -2.46. The highest BCUT2D eigenvalue weighted by molar-refractivity contribution is 7.20. The molecule has 112 valence electrons. The Bertz CT molecular complexity index is 468. The summed E-state index contributed by atoms with van der Waals surface area (Å²) in [5.74, 6) is 0.394. The van der Waals surface area contributed by atoms with E-state index in [9.17, 15) is 0 Å². The number of rotatable bonds is 2. The summed E-state index contributed by atoms with van der Waals surface area (Å²) in [5.41, 5.74) is 7.40. The molecule has 3 nitrogen and oxygen atoms in total. The summed E-state index contributed by atoms with van der Waals surface area (Å²) in [6, 6.07) is 1.85. The maximum atomic E-state index is 6.45. The van der Waals surface area contributed by atoms with Crippen LogP contribution < -0.4 is 5.73 Å². The first-order chi connectivity index (χ1) is 9.60. The highest BCUT2D eigenvalue weighted by Gasteiger charge is 2.41. The Morgan fingerprint density at radius 2 is 2.05 bits per heavy atom. The van der Waals surface area contributed by atoms with Crippen molar-refractivity contribution in [3.05, 3.63) is 20.3 Å². The molecule has 20 heavy (non-hydrogen) atoms. The molecule has 0 aromatic carbocycles. The average molecular weight is 336 g/mol. The molecule has 3 heterocycles. The molecule has 1 aromatic heterocycles. The van der Waals surface area contributed by atoms with Crippen molar-refractivity contribution in [3.8, 4) is 0 Å². The van der Waals surface area contributed by atoms with Crippen LogP contribution in [0.15, 0.2) is 6.07 Å². The number of halogens is 2. The van der Waals surface area contributed by atoms with Gasteiger partial charge < -0.3 is 15.2 Å². The summed E-state index contributed by atoms with van der Waals surface area (Å²) in [7, 11) is 0. The number of thiophene rings is 1. The summed E-state index contributed by atoms with van der Waals surface area (Å²) in [6.07, 6.45) is 3.90. The maximum absolute atomic E-state index is 6.45. The number of hydrogen-bond donors (Lipinski definition) is 1. The van der Waals surface area contributed by atoms with Crippen molar-refractivity contribution < 1.29 is 9.47 Å². The van der Waals surface area contributed by atoms with Crippen LogP contribution in [0.25, 0.3) is 0 Å². The van der Waals surface area contributed by atoms with Gasteiger partial charge in [0.15, 0.2) is 0 Å². The molecule has 1 aromatic rings. The van der Waals surface area contributed by atoms with E-state index in [1.807, 2.05) is 6.07 Å². The number of nitrogens with two attached hydrogens (primary N) is 1. The standard InChI is InChI=1S/C14H19Cl2NO2S/c15-11-7-10(13(16)20-11)12(17)9-1-4-19-14(8-9)2-5-18-6-3-14/h7,9,12H,1-6,8,17H2. The first kappa shape index (κ1) is 15.1. The molecule has 0 amide bonds. The molecule has 2 aliphatic rings. The number of hydrogen-bond acceptors (Lipinski definition) is 4.